The molecular weight excluding hydrogens is 248 g/mol. The first-order valence-corrected chi connectivity index (χ1v) is 5.58. The van der Waals surface area contributed by atoms with E-state index in [2.05, 4.69) is 9.97 Å². The molecule has 0 saturated carbocycles. The minimum Gasteiger partial charge on any atom is -0.496 e. The molecule has 0 spiro atoms. The summed E-state index contributed by atoms with van der Waals surface area (Å²) in [6, 6.07) is 3.60. The van der Waals surface area contributed by atoms with Crippen LogP contribution in [0.4, 0.5) is 0 Å². The van der Waals surface area contributed by atoms with Gasteiger partial charge in [-0.25, -0.2) is 9.78 Å². The van der Waals surface area contributed by atoms with E-state index in [1.165, 1.54) is 6.20 Å². The highest BCUT2D eigenvalue weighted by atomic mass is 16.5. The van der Waals surface area contributed by atoms with E-state index >= 15 is 0 Å². The average Bonchev–Trinajstić information content (AvgIpc) is 2.87. The van der Waals surface area contributed by atoms with Gasteiger partial charge in [0.05, 0.1) is 26.1 Å². The van der Waals surface area contributed by atoms with Gasteiger partial charge in [0.15, 0.2) is 0 Å². The van der Waals surface area contributed by atoms with Crippen molar-refractivity contribution in [1.29, 1.82) is 0 Å². The van der Waals surface area contributed by atoms with Gasteiger partial charge in [-0.05, 0) is 19.1 Å². The molecule has 0 unspecified atom stereocenters. The highest BCUT2D eigenvalue weighted by Crippen LogP contribution is 2.36. The third kappa shape index (κ3) is 2.24. The van der Waals surface area contributed by atoms with Crippen molar-refractivity contribution in [1.82, 2.24) is 9.97 Å². The van der Waals surface area contributed by atoms with Crippen LogP contribution >= 0.6 is 0 Å². The van der Waals surface area contributed by atoms with Crippen LogP contribution in [-0.2, 0) is 0 Å². The first-order valence-electron chi connectivity index (χ1n) is 5.58. The zero-order valence-electron chi connectivity index (χ0n) is 10.9. The average molecular weight is 262 g/mol. The smallest absolute Gasteiger partial charge is 0.371 e. The molecule has 0 atom stereocenters. The number of aromatic amines is 1. The molecule has 0 radical (unpaired) electrons. The summed E-state index contributed by atoms with van der Waals surface area (Å²) in [5.74, 6) is 0.125. The Bertz CT molecular complexity index is 619. The normalized spacial score (nSPS) is 10.3. The van der Waals surface area contributed by atoms with Crippen LogP contribution in [0.2, 0.25) is 0 Å². The van der Waals surface area contributed by atoms with Gasteiger partial charge in [-0.2, -0.15) is 0 Å². The van der Waals surface area contributed by atoms with Crippen molar-refractivity contribution in [2.45, 2.75) is 6.92 Å². The van der Waals surface area contributed by atoms with Gasteiger partial charge in [0.1, 0.15) is 11.5 Å². The molecule has 100 valence electrons. The summed E-state index contributed by atoms with van der Waals surface area (Å²) in [7, 11) is 3.14. The van der Waals surface area contributed by atoms with E-state index < -0.39 is 5.97 Å². The van der Waals surface area contributed by atoms with Crippen LogP contribution < -0.4 is 9.47 Å². The lowest BCUT2D eigenvalue weighted by molar-refractivity contribution is 0.0685. The Morgan fingerprint density at radius 3 is 2.58 bits per heavy atom. The summed E-state index contributed by atoms with van der Waals surface area (Å²) in [5.41, 5.74) is 2.16. The Labute approximate surface area is 110 Å². The number of nitrogens with one attached hydrogen (secondary N) is 1. The fourth-order valence-corrected chi connectivity index (χ4v) is 1.94. The maximum Gasteiger partial charge on any atom is 0.371 e. The van der Waals surface area contributed by atoms with Gasteiger partial charge in [0.25, 0.3) is 0 Å². The molecule has 0 aliphatic heterocycles. The van der Waals surface area contributed by atoms with Crippen molar-refractivity contribution in [3.63, 3.8) is 0 Å². The minimum absolute atomic E-state index is 0.106. The number of aromatic nitrogens is 2. The minimum atomic E-state index is -1.10. The lowest BCUT2D eigenvalue weighted by atomic mass is 10.1. The molecule has 0 saturated heterocycles. The second-order valence-electron chi connectivity index (χ2n) is 3.92. The Morgan fingerprint density at radius 1 is 1.32 bits per heavy atom. The van der Waals surface area contributed by atoms with Crippen LogP contribution in [-0.4, -0.2) is 35.3 Å². The number of hydrogen-bond donors (Lipinski definition) is 2. The third-order valence-corrected chi connectivity index (χ3v) is 2.85. The molecule has 6 nitrogen and oxygen atoms in total. The zero-order valence-corrected chi connectivity index (χ0v) is 10.9. The Hall–Kier alpha value is -2.50. The van der Waals surface area contributed by atoms with Crippen LogP contribution in [0.3, 0.4) is 0 Å². The van der Waals surface area contributed by atoms with Crippen molar-refractivity contribution in [3.8, 4) is 22.8 Å². The Morgan fingerprint density at radius 2 is 2.05 bits per heavy atom. The number of carbonyl (C=O) groups is 1. The molecule has 19 heavy (non-hydrogen) atoms. The van der Waals surface area contributed by atoms with Crippen molar-refractivity contribution in [3.05, 3.63) is 29.7 Å². The lowest BCUT2D eigenvalue weighted by Crippen LogP contribution is -1.99. The number of methoxy groups -OCH3 is 2. The van der Waals surface area contributed by atoms with E-state index in [1.54, 1.807) is 26.4 Å². The quantitative estimate of drug-likeness (QED) is 0.881. The summed E-state index contributed by atoms with van der Waals surface area (Å²) in [6.07, 6.45) is 1.47. The summed E-state index contributed by atoms with van der Waals surface area (Å²) in [5, 5.41) is 8.86. The molecule has 1 aromatic carbocycles. The van der Waals surface area contributed by atoms with E-state index in [0.29, 0.717) is 17.2 Å². The van der Waals surface area contributed by atoms with Gasteiger partial charge in [-0.15, -0.1) is 0 Å². The maximum absolute atomic E-state index is 10.8. The van der Waals surface area contributed by atoms with Gasteiger partial charge in [-0.1, -0.05) is 0 Å². The number of aromatic carboxylic acids is 1. The number of benzene rings is 1. The Kier molecular flexibility index (Phi) is 3.41. The number of carboxylic acids is 1. The fourth-order valence-electron chi connectivity index (χ4n) is 1.94. The Balaban J connectivity index is 2.55. The molecule has 6 heteroatoms. The van der Waals surface area contributed by atoms with E-state index in [1.807, 2.05) is 6.92 Å². The number of imidazole rings is 1. The molecule has 0 aliphatic rings. The van der Waals surface area contributed by atoms with Crippen LogP contribution in [0.5, 0.6) is 11.5 Å². The largest absolute Gasteiger partial charge is 0.496 e. The van der Waals surface area contributed by atoms with E-state index in [-0.39, 0.29) is 5.82 Å². The highest BCUT2D eigenvalue weighted by Gasteiger charge is 2.16. The highest BCUT2D eigenvalue weighted by molar-refractivity contribution is 5.84. The first-order chi connectivity index (χ1) is 9.08. The van der Waals surface area contributed by atoms with E-state index in [4.69, 9.17) is 14.6 Å². The maximum atomic E-state index is 10.8. The predicted molar refractivity (Wildman–Crippen MR) is 68.8 cm³/mol. The summed E-state index contributed by atoms with van der Waals surface area (Å²) >= 11 is 0. The molecule has 2 rings (SSSR count). The second kappa shape index (κ2) is 5.01. The van der Waals surface area contributed by atoms with Crippen molar-refractivity contribution < 1.29 is 19.4 Å². The van der Waals surface area contributed by atoms with E-state index in [9.17, 15) is 4.79 Å². The standard InChI is InChI=1S/C13H14N2O4/c1-7-10(18-2)5-4-8(11(7)19-3)9-6-14-12(15-9)13(16)17/h4-6H,1-3H3,(H,14,15)(H,16,17). The van der Waals surface area contributed by atoms with Gasteiger partial charge >= 0.3 is 5.97 Å². The monoisotopic (exact) mass is 262 g/mol. The SMILES string of the molecule is COc1ccc(-c2cnc(C(=O)O)[nH]2)c(OC)c1C. The molecule has 0 fully saturated rings. The molecule has 0 amide bonds. The van der Waals surface area contributed by atoms with Gasteiger partial charge in [0.2, 0.25) is 5.82 Å². The zero-order chi connectivity index (χ0) is 14.0. The third-order valence-electron chi connectivity index (χ3n) is 2.85. The molecule has 2 aromatic rings. The number of H-pyrrole nitrogens is 1. The summed E-state index contributed by atoms with van der Waals surface area (Å²) in [4.78, 5) is 17.4. The van der Waals surface area contributed by atoms with Crippen LogP contribution in [0.15, 0.2) is 18.3 Å². The predicted octanol–water partition coefficient (Wildman–Crippen LogP) is 2.10. The van der Waals surface area contributed by atoms with Gasteiger partial charge in [-0.3, -0.25) is 0 Å². The number of carboxylic acid groups (broad SMARTS) is 1. The molecule has 0 bridgehead atoms. The van der Waals surface area contributed by atoms with Gasteiger partial charge < -0.3 is 19.6 Å². The number of hydrogen-bond acceptors (Lipinski definition) is 4. The fraction of sp³-hybridized carbons (Fsp3) is 0.231. The molecular formula is C13H14N2O4. The molecule has 0 aliphatic carbocycles. The number of nitrogens with zero attached hydrogens (tertiary/aromatic N) is 1. The first kappa shape index (κ1) is 12.9. The van der Waals surface area contributed by atoms with Crippen LogP contribution in [0, 0.1) is 6.92 Å². The molecule has 1 aromatic heterocycles. The number of rotatable bonds is 4. The van der Waals surface area contributed by atoms with Gasteiger partial charge in [0, 0.05) is 11.1 Å². The topological polar surface area (TPSA) is 84.4 Å². The van der Waals surface area contributed by atoms with Crippen LogP contribution in [0.1, 0.15) is 16.2 Å². The van der Waals surface area contributed by atoms with Crippen molar-refractivity contribution in [2.75, 3.05) is 14.2 Å². The van der Waals surface area contributed by atoms with E-state index in [0.717, 1.165) is 11.1 Å². The molecule has 1 heterocycles. The van der Waals surface area contributed by atoms with Crippen molar-refractivity contribution in [2.24, 2.45) is 0 Å². The summed E-state index contributed by atoms with van der Waals surface area (Å²) < 4.78 is 10.6. The summed E-state index contributed by atoms with van der Waals surface area (Å²) in [6.45, 7) is 1.87. The lowest BCUT2D eigenvalue weighted by Gasteiger charge is -2.13. The number of ether oxygens (including phenoxy) is 2. The molecule has 2 N–H and O–H groups in total. The second-order valence-corrected chi connectivity index (χ2v) is 3.92. The van der Waals surface area contributed by atoms with Crippen molar-refractivity contribution >= 4 is 5.97 Å². The van der Waals surface area contributed by atoms with Crippen LogP contribution in [0.25, 0.3) is 11.3 Å².